The highest BCUT2D eigenvalue weighted by atomic mass is 15.0. The van der Waals surface area contributed by atoms with Gasteiger partial charge in [-0.2, -0.15) is 4.98 Å². The molecule has 0 atom stereocenters. The number of nitrogens with zero attached hydrogens (tertiary/aromatic N) is 3. The standard InChI is InChI=1S/C17H16N6/c18-11-3-1-2-10(8-11)9-23-7-6-12-14(23)5-4-13-15(12)16(19)22-17(20)21-13/h1-8H,9,18H2,(H4,19,20,21,22). The monoisotopic (exact) mass is 304 g/mol. The molecule has 2 heterocycles. The molecule has 0 amide bonds. The van der Waals surface area contributed by atoms with E-state index >= 15 is 0 Å². The van der Waals surface area contributed by atoms with Crippen LogP contribution in [0.5, 0.6) is 0 Å². The van der Waals surface area contributed by atoms with Crippen molar-refractivity contribution in [2.75, 3.05) is 17.2 Å². The van der Waals surface area contributed by atoms with E-state index in [1.54, 1.807) is 0 Å². The summed E-state index contributed by atoms with van der Waals surface area (Å²) in [6, 6.07) is 13.8. The first-order valence-corrected chi connectivity index (χ1v) is 7.27. The fourth-order valence-electron chi connectivity index (χ4n) is 2.98. The molecule has 2 aromatic carbocycles. The Hall–Kier alpha value is -3.28. The van der Waals surface area contributed by atoms with E-state index < -0.39 is 0 Å². The summed E-state index contributed by atoms with van der Waals surface area (Å²) in [5.41, 5.74) is 21.3. The van der Waals surface area contributed by atoms with Crippen molar-refractivity contribution < 1.29 is 0 Å². The Balaban J connectivity index is 1.88. The Morgan fingerprint density at radius 1 is 0.957 bits per heavy atom. The predicted octanol–water partition coefficient (Wildman–Crippen LogP) is 2.38. The van der Waals surface area contributed by atoms with Gasteiger partial charge in [0.05, 0.1) is 10.9 Å². The van der Waals surface area contributed by atoms with Crippen LogP contribution in [-0.4, -0.2) is 14.5 Å². The smallest absolute Gasteiger partial charge is 0.222 e. The van der Waals surface area contributed by atoms with E-state index in [-0.39, 0.29) is 5.95 Å². The number of nitrogens with two attached hydrogens (primary N) is 3. The molecule has 0 spiro atoms. The second-order valence-corrected chi connectivity index (χ2v) is 5.55. The van der Waals surface area contributed by atoms with Gasteiger partial charge in [0.1, 0.15) is 5.82 Å². The molecule has 2 aromatic heterocycles. The van der Waals surface area contributed by atoms with Gasteiger partial charge in [-0.1, -0.05) is 12.1 Å². The first kappa shape index (κ1) is 13.4. The fraction of sp³-hybridized carbons (Fsp3) is 0.0588. The van der Waals surface area contributed by atoms with Crippen molar-refractivity contribution in [2.45, 2.75) is 6.54 Å². The van der Waals surface area contributed by atoms with Crippen molar-refractivity contribution in [2.24, 2.45) is 0 Å². The Bertz CT molecular complexity index is 1030. The number of hydrogen-bond acceptors (Lipinski definition) is 5. The van der Waals surface area contributed by atoms with Gasteiger partial charge < -0.3 is 21.8 Å². The van der Waals surface area contributed by atoms with Crippen molar-refractivity contribution in [1.29, 1.82) is 0 Å². The van der Waals surface area contributed by atoms with E-state index in [9.17, 15) is 0 Å². The molecule has 0 radical (unpaired) electrons. The SMILES string of the molecule is Nc1cccc(Cn2ccc3c4c(N)nc(N)nc4ccc32)c1. The Labute approximate surface area is 132 Å². The first-order chi connectivity index (χ1) is 11.1. The molecule has 4 rings (SSSR count). The van der Waals surface area contributed by atoms with Gasteiger partial charge in [0.25, 0.3) is 0 Å². The van der Waals surface area contributed by atoms with Crippen LogP contribution in [0, 0.1) is 0 Å². The lowest BCUT2D eigenvalue weighted by molar-refractivity contribution is 0.837. The minimum atomic E-state index is 0.188. The zero-order chi connectivity index (χ0) is 16.0. The summed E-state index contributed by atoms with van der Waals surface area (Å²) in [4.78, 5) is 8.33. The van der Waals surface area contributed by atoms with Crippen LogP contribution in [0.15, 0.2) is 48.7 Å². The van der Waals surface area contributed by atoms with Crippen molar-refractivity contribution in [1.82, 2.24) is 14.5 Å². The summed E-state index contributed by atoms with van der Waals surface area (Å²) in [6.45, 7) is 0.732. The zero-order valence-electron chi connectivity index (χ0n) is 12.4. The number of anilines is 3. The molecule has 6 N–H and O–H groups in total. The van der Waals surface area contributed by atoms with Gasteiger partial charge in [-0.25, -0.2) is 4.98 Å². The van der Waals surface area contributed by atoms with Crippen LogP contribution < -0.4 is 17.2 Å². The predicted molar refractivity (Wildman–Crippen MR) is 93.8 cm³/mol. The highest BCUT2D eigenvalue weighted by Crippen LogP contribution is 2.29. The average molecular weight is 304 g/mol. The van der Waals surface area contributed by atoms with Crippen molar-refractivity contribution in [3.8, 4) is 0 Å². The lowest BCUT2D eigenvalue weighted by Crippen LogP contribution is -2.01. The first-order valence-electron chi connectivity index (χ1n) is 7.27. The molecule has 0 aliphatic rings. The van der Waals surface area contributed by atoms with E-state index in [0.717, 1.165) is 39.6 Å². The van der Waals surface area contributed by atoms with E-state index in [1.165, 1.54) is 0 Å². The molecule has 4 aromatic rings. The minimum Gasteiger partial charge on any atom is -0.399 e. The van der Waals surface area contributed by atoms with Crippen LogP contribution in [-0.2, 0) is 6.54 Å². The van der Waals surface area contributed by atoms with Gasteiger partial charge in [0.15, 0.2) is 0 Å². The van der Waals surface area contributed by atoms with Crippen LogP contribution in [0.1, 0.15) is 5.56 Å². The number of aromatic nitrogens is 3. The molecule has 0 bridgehead atoms. The van der Waals surface area contributed by atoms with Crippen molar-refractivity contribution >= 4 is 39.3 Å². The lowest BCUT2D eigenvalue weighted by Gasteiger charge is -2.08. The number of hydrogen-bond donors (Lipinski definition) is 3. The van der Waals surface area contributed by atoms with E-state index in [0.29, 0.717) is 5.82 Å². The van der Waals surface area contributed by atoms with Gasteiger partial charge in [0, 0.05) is 29.3 Å². The highest BCUT2D eigenvalue weighted by Gasteiger charge is 2.11. The molecular weight excluding hydrogens is 288 g/mol. The highest BCUT2D eigenvalue weighted by molar-refractivity contribution is 6.10. The normalized spacial score (nSPS) is 11.3. The number of rotatable bonds is 2. The van der Waals surface area contributed by atoms with Crippen LogP contribution in [0.25, 0.3) is 21.8 Å². The molecule has 0 aliphatic carbocycles. The summed E-state index contributed by atoms with van der Waals surface area (Å²) in [5.74, 6) is 0.591. The molecule has 114 valence electrons. The number of nitrogen functional groups attached to an aromatic ring is 3. The number of benzene rings is 2. The molecule has 0 fully saturated rings. The van der Waals surface area contributed by atoms with Gasteiger partial charge in [-0.3, -0.25) is 0 Å². The average Bonchev–Trinajstić information content (AvgIpc) is 2.89. The summed E-state index contributed by atoms with van der Waals surface area (Å²) < 4.78 is 2.15. The molecule has 0 unspecified atom stereocenters. The molecule has 0 saturated carbocycles. The van der Waals surface area contributed by atoms with Gasteiger partial charge in [0.2, 0.25) is 5.95 Å². The third kappa shape index (κ3) is 2.20. The molecule has 6 nitrogen and oxygen atoms in total. The third-order valence-electron chi connectivity index (χ3n) is 3.96. The molecule has 0 aliphatic heterocycles. The maximum absolute atomic E-state index is 6.05. The second kappa shape index (κ2) is 4.88. The Morgan fingerprint density at radius 2 is 1.83 bits per heavy atom. The number of fused-ring (bicyclic) bond motifs is 3. The van der Waals surface area contributed by atoms with E-state index in [2.05, 4.69) is 20.6 Å². The molecule has 0 saturated heterocycles. The van der Waals surface area contributed by atoms with Crippen LogP contribution in [0.2, 0.25) is 0 Å². The van der Waals surface area contributed by atoms with Gasteiger partial charge in [-0.15, -0.1) is 0 Å². The minimum absolute atomic E-state index is 0.188. The second-order valence-electron chi connectivity index (χ2n) is 5.55. The topological polar surface area (TPSA) is 109 Å². The van der Waals surface area contributed by atoms with Gasteiger partial charge in [-0.05, 0) is 35.9 Å². The summed E-state index contributed by atoms with van der Waals surface area (Å²) in [7, 11) is 0. The molecule has 6 heteroatoms. The van der Waals surface area contributed by atoms with Crippen LogP contribution in [0.4, 0.5) is 17.5 Å². The maximum atomic E-state index is 6.05. The van der Waals surface area contributed by atoms with Crippen molar-refractivity contribution in [3.63, 3.8) is 0 Å². The largest absolute Gasteiger partial charge is 0.399 e. The summed E-state index contributed by atoms with van der Waals surface area (Å²) >= 11 is 0. The maximum Gasteiger partial charge on any atom is 0.222 e. The Kier molecular flexibility index (Phi) is 2.84. The molecular formula is C17H16N6. The van der Waals surface area contributed by atoms with E-state index in [4.69, 9.17) is 17.2 Å². The third-order valence-corrected chi connectivity index (χ3v) is 3.96. The van der Waals surface area contributed by atoms with Gasteiger partial charge >= 0.3 is 0 Å². The van der Waals surface area contributed by atoms with Crippen LogP contribution >= 0.6 is 0 Å². The zero-order valence-corrected chi connectivity index (χ0v) is 12.4. The fourth-order valence-corrected chi connectivity index (χ4v) is 2.98. The summed E-state index contributed by atoms with van der Waals surface area (Å²) in [5, 5.41) is 1.85. The van der Waals surface area contributed by atoms with Crippen molar-refractivity contribution in [3.05, 3.63) is 54.2 Å². The van der Waals surface area contributed by atoms with Crippen LogP contribution in [0.3, 0.4) is 0 Å². The Morgan fingerprint density at radius 3 is 2.65 bits per heavy atom. The lowest BCUT2D eigenvalue weighted by atomic mass is 10.1. The molecule has 23 heavy (non-hydrogen) atoms. The van der Waals surface area contributed by atoms with E-state index in [1.807, 2.05) is 42.6 Å². The quantitative estimate of drug-likeness (QED) is 0.493. The summed E-state index contributed by atoms with van der Waals surface area (Å²) in [6.07, 6.45) is 2.03.